The SMILES string of the molecule is N[C@H](CCCO)c1ccc2ccccc2c1. The number of nitrogens with two attached hydrogens (primary N) is 1. The zero-order valence-electron chi connectivity index (χ0n) is 9.26. The molecule has 3 N–H and O–H groups in total. The number of rotatable bonds is 4. The van der Waals surface area contributed by atoms with Crippen LogP contribution in [0.2, 0.25) is 0 Å². The lowest BCUT2D eigenvalue weighted by atomic mass is 9.99. The number of aliphatic hydroxyl groups excluding tert-OH is 1. The molecule has 2 aromatic rings. The lowest BCUT2D eigenvalue weighted by Crippen LogP contribution is -2.10. The highest BCUT2D eigenvalue weighted by molar-refractivity contribution is 5.83. The van der Waals surface area contributed by atoms with E-state index in [9.17, 15) is 0 Å². The van der Waals surface area contributed by atoms with Gasteiger partial charge in [-0.2, -0.15) is 0 Å². The van der Waals surface area contributed by atoms with Gasteiger partial charge in [0.1, 0.15) is 0 Å². The molecule has 0 aliphatic heterocycles. The Kier molecular flexibility index (Phi) is 3.54. The van der Waals surface area contributed by atoms with Gasteiger partial charge in [-0.1, -0.05) is 36.4 Å². The first-order valence-electron chi connectivity index (χ1n) is 5.66. The van der Waals surface area contributed by atoms with Crippen LogP contribution in [-0.2, 0) is 0 Å². The lowest BCUT2D eigenvalue weighted by molar-refractivity contribution is 0.280. The summed E-state index contributed by atoms with van der Waals surface area (Å²) in [4.78, 5) is 0. The fourth-order valence-electron chi connectivity index (χ4n) is 1.92. The first-order chi connectivity index (χ1) is 7.81. The summed E-state index contributed by atoms with van der Waals surface area (Å²) in [6.45, 7) is 0.210. The van der Waals surface area contributed by atoms with Crippen molar-refractivity contribution in [1.29, 1.82) is 0 Å². The molecule has 0 spiro atoms. The van der Waals surface area contributed by atoms with Crippen LogP contribution in [0.1, 0.15) is 24.4 Å². The van der Waals surface area contributed by atoms with Gasteiger partial charge in [0.15, 0.2) is 0 Å². The molecule has 2 heteroatoms. The van der Waals surface area contributed by atoms with Crippen molar-refractivity contribution >= 4 is 10.8 Å². The maximum absolute atomic E-state index is 8.78. The maximum Gasteiger partial charge on any atom is 0.0431 e. The summed E-state index contributed by atoms with van der Waals surface area (Å²) >= 11 is 0. The summed E-state index contributed by atoms with van der Waals surface area (Å²) in [5.41, 5.74) is 7.21. The van der Waals surface area contributed by atoms with Gasteiger partial charge in [0.05, 0.1) is 0 Å². The molecule has 0 amide bonds. The Labute approximate surface area is 95.7 Å². The second-order valence-corrected chi connectivity index (χ2v) is 4.08. The molecule has 0 unspecified atom stereocenters. The topological polar surface area (TPSA) is 46.2 Å². The molecule has 0 saturated heterocycles. The van der Waals surface area contributed by atoms with Crippen molar-refractivity contribution in [1.82, 2.24) is 0 Å². The highest BCUT2D eigenvalue weighted by Crippen LogP contribution is 2.21. The van der Waals surface area contributed by atoms with E-state index in [0.717, 1.165) is 18.4 Å². The average molecular weight is 215 g/mol. The average Bonchev–Trinajstić information content (AvgIpc) is 2.35. The van der Waals surface area contributed by atoms with Crippen LogP contribution in [0, 0.1) is 0 Å². The molecule has 2 rings (SSSR count). The summed E-state index contributed by atoms with van der Waals surface area (Å²) in [6.07, 6.45) is 1.59. The summed E-state index contributed by atoms with van der Waals surface area (Å²) < 4.78 is 0. The molecule has 0 aliphatic rings. The maximum atomic E-state index is 8.78. The van der Waals surface area contributed by atoms with Crippen LogP contribution < -0.4 is 5.73 Å². The van der Waals surface area contributed by atoms with Crippen molar-refractivity contribution in [2.75, 3.05) is 6.61 Å². The Morgan fingerprint density at radius 2 is 1.81 bits per heavy atom. The second kappa shape index (κ2) is 5.10. The summed E-state index contributed by atoms with van der Waals surface area (Å²) in [5, 5.41) is 11.2. The molecule has 1 atom stereocenters. The minimum atomic E-state index is 0.0248. The monoisotopic (exact) mass is 215 g/mol. The fraction of sp³-hybridized carbons (Fsp3) is 0.286. The molecule has 84 valence electrons. The van der Waals surface area contributed by atoms with Crippen molar-refractivity contribution in [3.05, 3.63) is 48.0 Å². The van der Waals surface area contributed by atoms with Crippen LogP contribution in [0.5, 0.6) is 0 Å². The third kappa shape index (κ3) is 2.40. The predicted octanol–water partition coefficient (Wildman–Crippen LogP) is 2.61. The molecule has 0 radical (unpaired) electrons. The van der Waals surface area contributed by atoms with Gasteiger partial charge in [-0.15, -0.1) is 0 Å². The molecule has 0 bridgehead atoms. The standard InChI is InChI=1S/C14H17NO/c15-14(6-3-9-16)13-8-7-11-4-1-2-5-12(11)10-13/h1-2,4-5,7-8,10,14,16H,3,6,9,15H2/t14-/m1/s1. The number of aliphatic hydroxyl groups is 1. The molecule has 0 aromatic heterocycles. The summed E-state index contributed by atoms with van der Waals surface area (Å²) in [7, 11) is 0. The van der Waals surface area contributed by atoms with Crippen LogP contribution in [0.25, 0.3) is 10.8 Å². The molecule has 0 aliphatic carbocycles. The van der Waals surface area contributed by atoms with Gasteiger partial charge in [0.2, 0.25) is 0 Å². The van der Waals surface area contributed by atoms with Crippen molar-refractivity contribution < 1.29 is 5.11 Å². The van der Waals surface area contributed by atoms with Gasteiger partial charge in [-0.3, -0.25) is 0 Å². The molecular formula is C14H17NO. The molecular weight excluding hydrogens is 198 g/mol. The van der Waals surface area contributed by atoms with Gasteiger partial charge in [-0.05, 0) is 35.2 Å². The van der Waals surface area contributed by atoms with Gasteiger partial charge >= 0.3 is 0 Å². The predicted molar refractivity (Wildman–Crippen MR) is 67.2 cm³/mol. The van der Waals surface area contributed by atoms with E-state index in [2.05, 4.69) is 30.3 Å². The molecule has 2 nitrogen and oxygen atoms in total. The highest BCUT2D eigenvalue weighted by atomic mass is 16.2. The van der Waals surface area contributed by atoms with Crippen molar-refractivity contribution in [2.24, 2.45) is 5.73 Å². The van der Waals surface area contributed by atoms with Crippen molar-refractivity contribution in [3.63, 3.8) is 0 Å². The zero-order chi connectivity index (χ0) is 11.4. The number of hydrogen-bond donors (Lipinski definition) is 2. The van der Waals surface area contributed by atoms with E-state index in [1.807, 2.05) is 12.1 Å². The number of benzene rings is 2. The Balaban J connectivity index is 2.25. The van der Waals surface area contributed by atoms with Gasteiger partial charge in [0.25, 0.3) is 0 Å². The second-order valence-electron chi connectivity index (χ2n) is 4.08. The highest BCUT2D eigenvalue weighted by Gasteiger charge is 2.05. The van der Waals surface area contributed by atoms with E-state index >= 15 is 0 Å². The largest absolute Gasteiger partial charge is 0.396 e. The number of hydrogen-bond acceptors (Lipinski definition) is 2. The quantitative estimate of drug-likeness (QED) is 0.823. The van der Waals surface area contributed by atoms with E-state index in [-0.39, 0.29) is 12.6 Å². The zero-order valence-corrected chi connectivity index (χ0v) is 9.26. The molecule has 0 heterocycles. The molecule has 0 saturated carbocycles. The van der Waals surface area contributed by atoms with E-state index in [0.29, 0.717) is 0 Å². The van der Waals surface area contributed by atoms with Crippen LogP contribution in [0.3, 0.4) is 0 Å². The van der Waals surface area contributed by atoms with Crippen LogP contribution in [0.15, 0.2) is 42.5 Å². The third-order valence-electron chi connectivity index (χ3n) is 2.87. The van der Waals surface area contributed by atoms with E-state index in [4.69, 9.17) is 10.8 Å². The van der Waals surface area contributed by atoms with Gasteiger partial charge in [-0.25, -0.2) is 0 Å². The minimum Gasteiger partial charge on any atom is -0.396 e. The Morgan fingerprint density at radius 1 is 1.06 bits per heavy atom. The first-order valence-corrected chi connectivity index (χ1v) is 5.66. The first kappa shape index (κ1) is 11.1. The Morgan fingerprint density at radius 3 is 2.56 bits per heavy atom. The minimum absolute atomic E-state index is 0.0248. The van der Waals surface area contributed by atoms with E-state index < -0.39 is 0 Å². The molecule has 0 fully saturated rings. The van der Waals surface area contributed by atoms with Crippen LogP contribution in [-0.4, -0.2) is 11.7 Å². The molecule has 2 aromatic carbocycles. The van der Waals surface area contributed by atoms with E-state index in [1.54, 1.807) is 0 Å². The fourth-order valence-corrected chi connectivity index (χ4v) is 1.92. The van der Waals surface area contributed by atoms with Gasteiger partial charge in [0, 0.05) is 12.6 Å². The smallest absolute Gasteiger partial charge is 0.0431 e. The lowest BCUT2D eigenvalue weighted by Gasteiger charge is -2.12. The number of fused-ring (bicyclic) bond motifs is 1. The summed E-state index contributed by atoms with van der Waals surface area (Å²) in [5.74, 6) is 0. The molecule has 16 heavy (non-hydrogen) atoms. The van der Waals surface area contributed by atoms with Crippen molar-refractivity contribution in [2.45, 2.75) is 18.9 Å². The van der Waals surface area contributed by atoms with Gasteiger partial charge < -0.3 is 10.8 Å². The van der Waals surface area contributed by atoms with E-state index in [1.165, 1.54) is 10.8 Å². The van der Waals surface area contributed by atoms with Crippen LogP contribution in [0.4, 0.5) is 0 Å². The Hall–Kier alpha value is -1.38. The van der Waals surface area contributed by atoms with Crippen LogP contribution >= 0.6 is 0 Å². The third-order valence-corrected chi connectivity index (χ3v) is 2.87. The Bertz CT molecular complexity index is 467. The van der Waals surface area contributed by atoms with Crippen molar-refractivity contribution in [3.8, 4) is 0 Å². The summed E-state index contributed by atoms with van der Waals surface area (Å²) in [6, 6.07) is 14.6. The normalized spacial score (nSPS) is 12.9.